The number of sulfone groups is 1. The third kappa shape index (κ3) is 3.37. The molecule has 0 spiro atoms. The monoisotopic (exact) mass is 428 g/mol. The zero-order chi connectivity index (χ0) is 21.1. The van der Waals surface area contributed by atoms with E-state index in [0.29, 0.717) is 12.1 Å². The summed E-state index contributed by atoms with van der Waals surface area (Å²) >= 11 is 0. The molecule has 1 unspecified atom stereocenters. The Morgan fingerprint density at radius 1 is 1.07 bits per heavy atom. The molecule has 2 aromatic rings. The predicted molar refractivity (Wildman–Crippen MR) is 82.5 cm³/mol. The van der Waals surface area contributed by atoms with Gasteiger partial charge in [0.1, 0.15) is 17.7 Å². The van der Waals surface area contributed by atoms with E-state index in [4.69, 9.17) is 0 Å². The van der Waals surface area contributed by atoms with Gasteiger partial charge >= 0.3 is 5.51 Å². The van der Waals surface area contributed by atoms with Crippen LogP contribution in [0.3, 0.4) is 0 Å². The van der Waals surface area contributed by atoms with Gasteiger partial charge in [-0.3, -0.25) is 0 Å². The highest BCUT2D eigenvalue weighted by Gasteiger charge is 2.54. The molecule has 0 heterocycles. The maximum Gasteiger partial charge on any atom is 0.501 e. The molecule has 0 saturated carbocycles. The quantitative estimate of drug-likeness (QED) is 0.750. The van der Waals surface area contributed by atoms with Gasteiger partial charge in [0.2, 0.25) is 0 Å². The van der Waals surface area contributed by atoms with Gasteiger partial charge < -0.3 is 5.11 Å². The van der Waals surface area contributed by atoms with Crippen LogP contribution in [0.15, 0.2) is 35.2 Å². The maximum atomic E-state index is 14.0. The van der Waals surface area contributed by atoms with E-state index in [-0.39, 0.29) is 17.5 Å². The second-order valence-electron chi connectivity index (χ2n) is 6.36. The molecule has 0 radical (unpaired) electrons. The molecular formula is C17H11F7O3S. The first-order valence-corrected chi connectivity index (χ1v) is 9.19. The van der Waals surface area contributed by atoms with Crippen molar-refractivity contribution in [3.63, 3.8) is 0 Å². The van der Waals surface area contributed by atoms with Crippen molar-refractivity contribution >= 4 is 9.84 Å². The number of aliphatic hydroxyl groups is 1. The zero-order valence-corrected chi connectivity index (χ0v) is 14.5. The summed E-state index contributed by atoms with van der Waals surface area (Å²) in [6.45, 7) is 0. The van der Waals surface area contributed by atoms with Crippen LogP contribution >= 0.6 is 0 Å². The fraction of sp³-hybridized carbons (Fsp3) is 0.294. The van der Waals surface area contributed by atoms with E-state index < -0.39 is 61.4 Å². The third-order valence-electron chi connectivity index (χ3n) is 4.41. The number of benzene rings is 2. The lowest BCUT2D eigenvalue weighted by Gasteiger charge is -2.17. The van der Waals surface area contributed by atoms with Crippen LogP contribution in [0.4, 0.5) is 30.7 Å². The highest BCUT2D eigenvalue weighted by atomic mass is 32.2. The van der Waals surface area contributed by atoms with Crippen LogP contribution in [-0.2, 0) is 22.7 Å². The average molecular weight is 428 g/mol. The SMILES string of the molecule is O=S(=O)(c1ccc(Cc2cc(F)cc(F)c2)c2c1C(O)C(F)(F)C2)C(F)(F)F. The largest absolute Gasteiger partial charge is 0.501 e. The number of hydrogen-bond donors (Lipinski definition) is 1. The van der Waals surface area contributed by atoms with Gasteiger partial charge in [0, 0.05) is 18.1 Å². The Morgan fingerprint density at radius 3 is 2.18 bits per heavy atom. The summed E-state index contributed by atoms with van der Waals surface area (Å²) in [5.41, 5.74) is -7.37. The minimum Gasteiger partial charge on any atom is -0.382 e. The summed E-state index contributed by atoms with van der Waals surface area (Å²) in [7, 11) is -6.00. The topological polar surface area (TPSA) is 54.4 Å². The number of halogens is 7. The first kappa shape index (κ1) is 20.6. The molecule has 1 aliphatic rings. The smallest absolute Gasteiger partial charge is 0.382 e. The molecule has 1 atom stereocenters. The van der Waals surface area contributed by atoms with Crippen LogP contribution in [0.25, 0.3) is 0 Å². The number of aliphatic hydroxyl groups excluding tert-OH is 1. The van der Waals surface area contributed by atoms with Gasteiger partial charge in [0.25, 0.3) is 15.8 Å². The van der Waals surface area contributed by atoms with Gasteiger partial charge in [-0.25, -0.2) is 26.0 Å². The molecule has 152 valence electrons. The molecule has 28 heavy (non-hydrogen) atoms. The van der Waals surface area contributed by atoms with E-state index in [2.05, 4.69) is 0 Å². The molecule has 0 saturated heterocycles. The molecule has 0 fully saturated rings. The number of rotatable bonds is 3. The normalized spacial score (nSPS) is 18.9. The molecule has 3 rings (SSSR count). The first-order chi connectivity index (χ1) is 12.7. The Kier molecular flexibility index (Phi) is 4.74. The minimum atomic E-state index is -6.00. The number of fused-ring (bicyclic) bond motifs is 1. The number of hydrogen-bond acceptors (Lipinski definition) is 3. The Morgan fingerprint density at radius 2 is 1.64 bits per heavy atom. The van der Waals surface area contributed by atoms with Crippen molar-refractivity contribution in [3.8, 4) is 0 Å². The third-order valence-corrected chi connectivity index (χ3v) is 5.96. The Bertz CT molecular complexity index is 1030. The van der Waals surface area contributed by atoms with E-state index in [9.17, 15) is 44.3 Å². The molecule has 0 amide bonds. The van der Waals surface area contributed by atoms with Crippen LogP contribution in [0.5, 0.6) is 0 Å². The van der Waals surface area contributed by atoms with E-state index in [1.165, 1.54) is 0 Å². The average Bonchev–Trinajstić information content (AvgIpc) is 2.76. The molecule has 11 heteroatoms. The zero-order valence-electron chi connectivity index (χ0n) is 13.7. The summed E-state index contributed by atoms with van der Waals surface area (Å²) in [5.74, 6) is -5.80. The Hall–Kier alpha value is -2.14. The summed E-state index contributed by atoms with van der Waals surface area (Å²) < 4.78 is 117. The highest BCUT2D eigenvalue weighted by molar-refractivity contribution is 7.92. The molecular weight excluding hydrogens is 417 g/mol. The van der Waals surface area contributed by atoms with Gasteiger partial charge in [0.15, 0.2) is 0 Å². The lowest BCUT2D eigenvalue weighted by Crippen LogP contribution is -2.26. The van der Waals surface area contributed by atoms with E-state index in [0.717, 1.165) is 18.2 Å². The molecule has 1 N–H and O–H groups in total. The van der Waals surface area contributed by atoms with E-state index in [1.807, 2.05) is 0 Å². The fourth-order valence-corrected chi connectivity index (χ4v) is 4.22. The van der Waals surface area contributed by atoms with Crippen LogP contribution in [0.2, 0.25) is 0 Å². The van der Waals surface area contributed by atoms with Crippen molar-refractivity contribution < 1.29 is 44.3 Å². The van der Waals surface area contributed by atoms with Crippen molar-refractivity contribution in [3.05, 3.63) is 64.2 Å². The standard InChI is InChI=1S/C17H11F7O3S/c18-10-4-8(5-11(19)6-10)3-9-1-2-13(28(26,27)17(22,23)24)14-12(9)7-16(20,21)15(14)25/h1-2,4-6,15,25H,3,7H2. The van der Waals surface area contributed by atoms with E-state index >= 15 is 0 Å². The summed E-state index contributed by atoms with van der Waals surface area (Å²) in [4.78, 5) is -1.46. The highest BCUT2D eigenvalue weighted by Crippen LogP contribution is 2.49. The van der Waals surface area contributed by atoms with Gasteiger partial charge in [-0.1, -0.05) is 6.07 Å². The second kappa shape index (κ2) is 6.45. The summed E-state index contributed by atoms with van der Waals surface area (Å²) in [6.07, 6.45) is -4.33. The van der Waals surface area contributed by atoms with Crippen LogP contribution in [-0.4, -0.2) is 25.0 Å². The molecule has 0 bridgehead atoms. The van der Waals surface area contributed by atoms with Crippen molar-refractivity contribution in [1.29, 1.82) is 0 Å². The van der Waals surface area contributed by atoms with Crippen LogP contribution in [0.1, 0.15) is 28.4 Å². The van der Waals surface area contributed by atoms with Gasteiger partial charge in [0.05, 0.1) is 4.90 Å². The lowest BCUT2D eigenvalue weighted by atomic mass is 9.96. The van der Waals surface area contributed by atoms with Gasteiger partial charge in [-0.05, 0) is 41.3 Å². The predicted octanol–water partition coefficient (Wildman–Crippen LogP) is 4.07. The van der Waals surface area contributed by atoms with Gasteiger partial charge in [-0.2, -0.15) is 13.2 Å². The molecule has 2 aromatic carbocycles. The molecule has 0 aromatic heterocycles. The van der Waals surface area contributed by atoms with Crippen molar-refractivity contribution in [2.75, 3.05) is 0 Å². The lowest BCUT2D eigenvalue weighted by molar-refractivity contribution is -0.0978. The van der Waals surface area contributed by atoms with Crippen LogP contribution in [0, 0.1) is 11.6 Å². The van der Waals surface area contributed by atoms with Crippen molar-refractivity contribution in [2.45, 2.75) is 35.3 Å². The second-order valence-corrected chi connectivity index (χ2v) is 8.27. The van der Waals surface area contributed by atoms with Gasteiger partial charge in [-0.15, -0.1) is 0 Å². The van der Waals surface area contributed by atoms with Crippen molar-refractivity contribution in [1.82, 2.24) is 0 Å². The minimum absolute atomic E-state index is 0.00386. The molecule has 1 aliphatic carbocycles. The Balaban J connectivity index is 2.19. The first-order valence-electron chi connectivity index (χ1n) is 7.71. The summed E-state index contributed by atoms with van der Waals surface area (Å²) in [5, 5.41) is 9.80. The van der Waals surface area contributed by atoms with E-state index in [1.54, 1.807) is 0 Å². The fourth-order valence-electron chi connectivity index (χ4n) is 3.20. The summed E-state index contributed by atoms with van der Waals surface area (Å²) in [6, 6.07) is 3.72. The molecule has 3 nitrogen and oxygen atoms in total. The Labute approximate surface area is 154 Å². The maximum absolute atomic E-state index is 14.0. The number of alkyl halides is 5. The molecule has 0 aliphatic heterocycles. The van der Waals surface area contributed by atoms with Crippen LogP contribution < -0.4 is 0 Å². The van der Waals surface area contributed by atoms with Crippen molar-refractivity contribution in [2.24, 2.45) is 0 Å².